The predicted molar refractivity (Wildman–Crippen MR) is 60.3 cm³/mol. The maximum atomic E-state index is 11.5. The minimum atomic E-state index is 0.103. The van der Waals surface area contributed by atoms with Crippen LogP contribution in [0.4, 0.5) is 5.69 Å². The van der Waals surface area contributed by atoms with Gasteiger partial charge in [-0.25, -0.2) is 0 Å². The Morgan fingerprint density at radius 2 is 2.07 bits per heavy atom. The molecule has 1 fully saturated rings. The van der Waals surface area contributed by atoms with Crippen LogP contribution in [-0.4, -0.2) is 5.91 Å². The zero-order chi connectivity index (χ0) is 10.7. The second-order valence-corrected chi connectivity index (χ2v) is 3.92. The summed E-state index contributed by atoms with van der Waals surface area (Å²) < 4.78 is 0. The van der Waals surface area contributed by atoms with Crippen LogP contribution in [-0.2, 0) is 4.79 Å². The molecule has 0 saturated heterocycles. The fraction of sp³-hybridized carbons (Fsp3) is 0.308. The first-order valence-corrected chi connectivity index (χ1v) is 5.14. The molecule has 1 N–H and O–H groups in total. The largest absolute Gasteiger partial charge is 0.326 e. The average Bonchev–Trinajstić information content (AvgIpc) is 3.03. The Kier molecular flexibility index (Phi) is 2.73. The molecule has 0 heterocycles. The molecule has 0 aliphatic heterocycles. The van der Waals surface area contributed by atoms with Crippen molar-refractivity contribution in [1.82, 2.24) is 0 Å². The fourth-order valence-corrected chi connectivity index (χ4v) is 1.45. The summed E-state index contributed by atoms with van der Waals surface area (Å²) in [5, 5.41) is 2.86. The maximum Gasteiger partial charge on any atom is 0.224 e. The van der Waals surface area contributed by atoms with Gasteiger partial charge in [0.05, 0.1) is 0 Å². The monoisotopic (exact) mass is 199 g/mol. The third-order valence-electron chi connectivity index (χ3n) is 2.51. The van der Waals surface area contributed by atoms with Gasteiger partial charge >= 0.3 is 0 Å². The summed E-state index contributed by atoms with van der Waals surface area (Å²) in [6.45, 7) is 0. The van der Waals surface area contributed by atoms with E-state index in [0.717, 1.165) is 11.3 Å². The van der Waals surface area contributed by atoms with Crippen molar-refractivity contribution in [3.63, 3.8) is 0 Å². The van der Waals surface area contributed by atoms with E-state index in [4.69, 9.17) is 6.42 Å². The van der Waals surface area contributed by atoms with Crippen LogP contribution in [0.25, 0.3) is 0 Å². The minimum Gasteiger partial charge on any atom is -0.326 e. The van der Waals surface area contributed by atoms with E-state index in [9.17, 15) is 4.79 Å². The number of amides is 1. The fourth-order valence-electron chi connectivity index (χ4n) is 1.45. The van der Waals surface area contributed by atoms with E-state index in [1.165, 1.54) is 12.8 Å². The van der Waals surface area contributed by atoms with E-state index < -0.39 is 0 Å². The molecule has 2 nitrogen and oxygen atoms in total. The molecule has 15 heavy (non-hydrogen) atoms. The van der Waals surface area contributed by atoms with Gasteiger partial charge in [-0.3, -0.25) is 4.79 Å². The number of carbonyl (C=O) groups excluding carboxylic acids is 1. The van der Waals surface area contributed by atoms with E-state index in [-0.39, 0.29) is 5.91 Å². The van der Waals surface area contributed by atoms with E-state index in [1.807, 2.05) is 24.3 Å². The zero-order valence-electron chi connectivity index (χ0n) is 8.49. The van der Waals surface area contributed by atoms with Gasteiger partial charge in [-0.1, -0.05) is 5.92 Å². The molecule has 1 aliphatic rings. The smallest absolute Gasteiger partial charge is 0.224 e. The Morgan fingerprint density at radius 3 is 2.60 bits per heavy atom. The van der Waals surface area contributed by atoms with Crippen molar-refractivity contribution >= 4 is 11.6 Å². The van der Waals surface area contributed by atoms with Crippen LogP contribution in [0.5, 0.6) is 0 Å². The SMILES string of the molecule is C#Cc1ccc(NC(=O)CC2CC2)cc1. The molecule has 2 rings (SSSR count). The molecule has 1 amide bonds. The standard InChI is InChI=1S/C13H13NO/c1-2-10-5-7-12(8-6-10)14-13(15)9-11-3-4-11/h1,5-8,11H,3-4,9H2,(H,14,15). The number of hydrogen-bond acceptors (Lipinski definition) is 1. The number of benzene rings is 1. The lowest BCUT2D eigenvalue weighted by Gasteiger charge is -2.04. The summed E-state index contributed by atoms with van der Waals surface area (Å²) >= 11 is 0. The molecular weight excluding hydrogens is 186 g/mol. The van der Waals surface area contributed by atoms with Crippen molar-refractivity contribution in [3.8, 4) is 12.3 Å². The molecule has 1 aromatic carbocycles. The van der Waals surface area contributed by atoms with Gasteiger partial charge in [0.2, 0.25) is 5.91 Å². The van der Waals surface area contributed by atoms with E-state index in [2.05, 4.69) is 11.2 Å². The van der Waals surface area contributed by atoms with Crippen LogP contribution in [0.3, 0.4) is 0 Å². The van der Waals surface area contributed by atoms with Crippen LogP contribution >= 0.6 is 0 Å². The van der Waals surface area contributed by atoms with Gasteiger partial charge in [0.25, 0.3) is 0 Å². The first kappa shape index (κ1) is 9.79. The second kappa shape index (κ2) is 4.18. The minimum absolute atomic E-state index is 0.103. The average molecular weight is 199 g/mol. The number of terminal acetylenes is 1. The van der Waals surface area contributed by atoms with Gasteiger partial charge in [0.1, 0.15) is 0 Å². The Hall–Kier alpha value is -1.75. The lowest BCUT2D eigenvalue weighted by atomic mass is 10.2. The molecule has 0 spiro atoms. The lowest BCUT2D eigenvalue weighted by molar-refractivity contribution is -0.116. The summed E-state index contributed by atoms with van der Waals surface area (Å²) in [6, 6.07) is 7.32. The summed E-state index contributed by atoms with van der Waals surface area (Å²) in [7, 11) is 0. The van der Waals surface area contributed by atoms with Crippen LogP contribution in [0.2, 0.25) is 0 Å². The molecule has 76 valence electrons. The Balaban J connectivity index is 1.92. The first-order chi connectivity index (χ1) is 7.28. The van der Waals surface area contributed by atoms with Crippen LogP contribution in [0.15, 0.2) is 24.3 Å². The Morgan fingerprint density at radius 1 is 1.40 bits per heavy atom. The zero-order valence-corrected chi connectivity index (χ0v) is 8.49. The van der Waals surface area contributed by atoms with Crippen LogP contribution < -0.4 is 5.32 Å². The summed E-state index contributed by atoms with van der Waals surface area (Å²) in [6.07, 6.45) is 8.28. The highest BCUT2D eigenvalue weighted by molar-refractivity contribution is 5.91. The van der Waals surface area contributed by atoms with E-state index in [1.54, 1.807) is 0 Å². The topological polar surface area (TPSA) is 29.1 Å². The molecule has 1 aromatic rings. The molecule has 0 unspecified atom stereocenters. The Labute approximate surface area is 89.7 Å². The highest BCUT2D eigenvalue weighted by atomic mass is 16.1. The van der Waals surface area contributed by atoms with Crippen molar-refractivity contribution in [1.29, 1.82) is 0 Å². The highest BCUT2D eigenvalue weighted by Crippen LogP contribution is 2.32. The normalized spacial score (nSPS) is 14.3. The quantitative estimate of drug-likeness (QED) is 0.744. The second-order valence-electron chi connectivity index (χ2n) is 3.92. The number of hydrogen-bond donors (Lipinski definition) is 1. The Bertz CT molecular complexity index is 396. The lowest BCUT2D eigenvalue weighted by Crippen LogP contribution is -2.11. The number of rotatable bonds is 3. The van der Waals surface area contributed by atoms with Crippen molar-refractivity contribution in [2.45, 2.75) is 19.3 Å². The molecule has 0 atom stereocenters. The van der Waals surface area contributed by atoms with Gasteiger partial charge in [-0.05, 0) is 43.0 Å². The van der Waals surface area contributed by atoms with Gasteiger partial charge in [0, 0.05) is 17.7 Å². The van der Waals surface area contributed by atoms with Crippen molar-refractivity contribution < 1.29 is 4.79 Å². The molecule has 2 heteroatoms. The molecule has 1 saturated carbocycles. The molecular formula is C13H13NO. The van der Waals surface area contributed by atoms with Gasteiger partial charge in [-0.2, -0.15) is 0 Å². The molecule has 0 radical (unpaired) electrons. The number of anilines is 1. The molecule has 1 aliphatic carbocycles. The number of carbonyl (C=O) groups is 1. The highest BCUT2D eigenvalue weighted by Gasteiger charge is 2.24. The first-order valence-electron chi connectivity index (χ1n) is 5.14. The number of nitrogens with one attached hydrogen (secondary N) is 1. The third-order valence-corrected chi connectivity index (χ3v) is 2.51. The maximum absolute atomic E-state index is 11.5. The van der Waals surface area contributed by atoms with Gasteiger partial charge in [-0.15, -0.1) is 6.42 Å². The predicted octanol–water partition coefficient (Wildman–Crippen LogP) is 2.41. The third kappa shape index (κ3) is 2.85. The van der Waals surface area contributed by atoms with Crippen LogP contribution in [0.1, 0.15) is 24.8 Å². The van der Waals surface area contributed by atoms with Crippen molar-refractivity contribution in [2.24, 2.45) is 5.92 Å². The van der Waals surface area contributed by atoms with Gasteiger partial charge in [0.15, 0.2) is 0 Å². The summed E-state index contributed by atoms with van der Waals surface area (Å²) in [5.74, 6) is 3.26. The molecule has 0 aromatic heterocycles. The molecule has 0 bridgehead atoms. The van der Waals surface area contributed by atoms with E-state index >= 15 is 0 Å². The van der Waals surface area contributed by atoms with Crippen LogP contribution in [0, 0.1) is 18.3 Å². The van der Waals surface area contributed by atoms with Crippen molar-refractivity contribution in [3.05, 3.63) is 29.8 Å². The summed E-state index contributed by atoms with van der Waals surface area (Å²) in [4.78, 5) is 11.5. The summed E-state index contributed by atoms with van der Waals surface area (Å²) in [5.41, 5.74) is 1.65. The van der Waals surface area contributed by atoms with Gasteiger partial charge < -0.3 is 5.32 Å². The van der Waals surface area contributed by atoms with E-state index in [0.29, 0.717) is 12.3 Å². The van der Waals surface area contributed by atoms with Crippen molar-refractivity contribution in [2.75, 3.05) is 5.32 Å².